The van der Waals surface area contributed by atoms with Gasteiger partial charge in [0.2, 0.25) is 10.0 Å². The molecular weight excluding hydrogens is 325 g/mol. The van der Waals surface area contributed by atoms with Crippen LogP contribution < -0.4 is 4.74 Å². The second-order valence-corrected chi connectivity index (χ2v) is 9.42. The Labute approximate surface area is 146 Å². The molecule has 0 saturated carbocycles. The minimum Gasteiger partial charge on any atom is -0.507 e. The van der Waals surface area contributed by atoms with E-state index in [1.807, 2.05) is 34.6 Å². The van der Waals surface area contributed by atoms with Crippen LogP contribution in [-0.4, -0.2) is 44.6 Å². The van der Waals surface area contributed by atoms with Crippen molar-refractivity contribution in [2.24, 2.45) is 5.92 Å². The lowest BCUT2D eigenvalue weighted by atomic mass is 9.57. The Morgan fingerprint density at radius 2 is 1.67 bits per heavy atom. The zero-order valence-corrected chi connectivity index (χ0v) is 16.5. The lowest BCUT2D eigenvalue weighted by Gasteiger charge is -2.54. The molecule has 7 heteroatoms. The molecule has 0 aliphatic carbocycles. The van der Waals surface area contributed by atoms with E-state index in [0.29, 0.717) is 22.4 Å². The lowest BCUT2D eigenvalue weighted by molar-refractivity contribution is -0.0185. The number of hydrogen-bond donors (Lipinski definition) is 1. The maximum absolute atomic E-state index is 12.3. The molecule has 5 nitrogen and oxygen atoms in total. The van der Waals surface area contributed by atoms with Crippen molar-refractivity contribution in [1.82, 2.24) is 4.31 Å². The molecule has 1 N–H and O–H groups in total. The third-order valence-electron chi connectivity index (χ3n) is 5.70. The number of nitrogens with zero attached hydrogens (tertiary/aromatic N) is 1. The standard InChI is InChI=1S/C17H26BNO4S/c1-9-10(2)15-13(11(3)14(9)20)17(18,19(7)24(8,21)22)12(4)16(5,6)23-15/h12,20H,1-8H3. The summed E-state index contributed by atoms with van der Waals surface area (Å²) in [5.74, 6) is 0.333. The molecule has 0 aromatic heterocycles. The topological polar surface area (TPSA) is 66.8 Å². The number of fused-ring (bicyclic) bond motifs is 1. The van der Waals surface area contributed by atoms with Crippen LogP contribution in [0, 0.1) is 26.7 Å². The number of benzene rings is 1. The smallest absolute Gasteiger partial charge is 0.211 e. The van der Waals surface area contributed by atoms with Crippen LogP contribution in [0.25, 0.3) is 0 Å². The summed E-state index contributed by atoms with van der Waals surface area (Å²) in [6.07, 6.45) is 1.13. The van der Waals surface area contributed by atoms with Crippen molar-refractivity contribution in [3.8, 4) is 11.5 Å². The number of phenolic OH excluding ortho intramolecular Hbond substituents is 1. The summed E-state index contributed by atoms with van der Waals surface area (Å²) in [4.78, 5) is 0. The summed E-state index contributed by atoms with van der Waals surface area (Å²) in [6, 6.07) is 0. The maximum atomic E-state index is 12.3. The highest BCUT2D eigenvalue weighted by Crippen LogP contribution is 2.54. The van der Waals surface area contributed by atoms with Crippen molar-refractivity contribution in [2.75, 3.05) is 13.3 Å². The van der Waals surface area contributed by atoms with Gasteiger partial charge in [0.1, 0.15) is 24.9 Å². The van der Waals surface area contributed by atoms with Crippen molar-refractivity contribution in [2.45, 2.75) is 52.6 Å². The van der Waals surface area contributed by atoms with Gasteiger partial charge in [-0.05, 0) is 51.3 Å². The van der Waals surface area contributed by atoms with Gasteiger partial charge in [-0.3, -0.25) is 0 Å². The average Bonchev–Trinajstić information content (AvgIpc) is 2.46. The summed E-state index contributed by atoms with van der Waals surface area (Å²) in [7, 11) is 4.67. The zero-order valence-electron chi connectivity index (χ0n) is 15.7. The van der Waals surface area contributed by atoms with Crippen LogP contribution in [0.5, 0.6) is 11.5 Å². The van der Waals surface area contributed by atoms with Gasteiger partial charge in [0.25, 0.3) is 0 Å². The quantitative estimate of drug-likeness (QED) is 0.831. The van der Waals surface area contributed by atoms with E-state index in [0.717, 1.165) is 11.8 Å². The molecule has 2 radical (unpaired) electrons. The number of ether oxygens (including phenoxy) is 1. The summed E-state index contributed by atoms with van der Waals surface area (Å²) in [5.41, 5.74) is 0.550. The zero-order chi connectivity index (χ0) is 18.8. The molecule has 0 amide bonds. The van der Waals surface area contributed by atoms with Gasteiger partial charge in [-0.25, -0.2) is 12.7 Å². The Bertz CT molecular complexity index is 804. The van der Waals surface area contributed by atoms with E-state index >= 15 is 0 Å². The SMILES string of the molecule is [B]C1(N(C)S(C)(=O)=O)c2c(C)c(O)c(C)c(C)c2OC(C)(C)C1C. The molecule has 0 spiro atoms. The second-order valence-electron chi connectivity index (χ2n) is 7.41. The van der Waals surface area contributed by atoms with Crippen molar-refractivity contribution in [3.05, 3.63) is 22.3 Å². The highest BCUT2D eigenvalue weighted by molar-refractivity contribution is 7.88. The summed E-state index contributed by atoms with van der Waals surface area (Å²) in [6.45, 7) is 11.1. The molecule has 2 unspecified atom stereocenters. The fraction of sp³-hybridized carbons (Fsp3) is 0.647. The molecule has 1 aromatic rings. The van der Waals surface area contributed by atoms with Crippen LogP contribution >= 0.6 is 0 Å². The van der Waals surface area contributed by atoms with Crippen molar-refractivity contribution in [1.29, 1.82) is 0 Å². The van der Waals surface area contributed by atoms with E-state index < -0.39 is 21.1 Å². The van der Waals surface area contributed by atoms with Gasteiger partial charge in [0.05, 0.1) is 6.26 Å². The van der Waals surface area contributed by atoms with E-state index in [1.54, 1.807) is 6.92 Å². The fourth-order valence-electron chi connectivity index (χ4n) is 3.52. The van der Waals surface area contributed by atoms with E-state index in [2.05, 4.69) is 0 Å². The lowest BCUT2D eigenvalue weighted by Crippen LogP contribution is -2.61. The second kappa shape index (κ2) is 5.40. The molecule has 0 saturated heterocycles. The highest BCUT2D eigenvalue weighted by atomic mass is 32.2. The highest BCUT2D eigenvalue weighted by Gasteiger charge is 2.54. The number of rotatable bonds is 2. The summed E-state index contributed by atoms with van der Waals surface area (Å²) >= 11 is 0. The summed E-state index contributed by atoms with van der Waals surface area (Å²) in [5, 5.41) is 10.5. The summed E-state index contributed by atoms with van der Waals surface area (Å²) < 4.78 is 32.0. The molecule has 24 heavy (non-hydrogen) atoms. The van der Waals surface area contributed by atoms with Gasteiger partial charge in [-0.15, -0.1) is 0 Å². The number of sulfonamides is 1. The van der Waals surface area contributed by atoms with Crippen LogP contribution in [0.3, 0.4) is 0 Å². The third kappa shape index (κ3) is 2.44. The van der Waals surface area contributed by atoms with Crippen LogP contribution in [-0.2, 0) is 15.5 Å². The molecule has 0 bridgehead atoms. The average molecular weight is 351 g/mol. The monoisotopic (exact) mass is 351 g/mol. The van der Waals surface area contributed by atoms with Crippen LogP contribution in [0.2, 0.25) is 0 Å². The number of aromatic hydroxyl groups is 1. The molecule has 1 aliphatic heterocycles. The van der Waals surface area contributed by atoms with Crippen LogP contribution in [0.15, 0.2) is 0 Å². The molecule has 1 heterocycles. The Kier molecular flexibility index (Phi) is 4.30. The Morgan fingerprint density at radius 3 is 2.12 bits per heavy atom. The van der Waals surface area contributed by atoms with E-state index in [1.165, 1.54) is 11.4 Å². The normalized spacial score (nSPS) is 26.1. The number of phenols is 1. The Balaban J connectivity index is 2.98. The predicted octanol–water partition coefficient (Wildman–Crippen LogP) is 2.34. The Morgan fingerprint density at radius 1 is 1.17 bits per heavy atom. The van der Waals surface area contributed by atoms with Gasteiger partial charge in [0.15, 0.2) is 0 Å². The van der Waals surface area contributed by atoms with Crippen molar-refractivity contribution >= 4 is 17.9 Å². The van der Waals surface area contributed by atoms with Crippen molar-refractivity contribution < 1.29 is 18.3 Å². The largest absolute Gasteiger partial charge is 0.507 e. The van der Waals surface area contributed by atoms with E-state index in [9.17, 15) is 13.5 Å². The molecule has 1 aliphatic rings. The fourth-order valence-corrected chi connectivity index (χ4v) is 4.32. The van der Waals surface area contributed by atoms with E-state index in [4.69, 9.17) is 12.6 Å². The third-order valence-corrected chi connectivity index (χ3v) is 7.00. The molecule has 1 aromatic carbocycles. The van der Waals surface area contributed by atoms with Crippen molar-refractivity contribution in [3.63, 3.8) is 0 Å². The van der Waals surface area contributed by atoms with Gasteiger partial charge >= 0.3 is 0 Å². The van der Waals surface area contributed by atoms with Gasteiger partial charge in [-0.1, -0.05) is 6.92 Å². The van der Waals surface area contributed by atoms with Gasteiger partial charge < -0.3 is 9.84 Å². The molecule has 132 valence electrons. The first kappa shape index (κ1) is 19.1. The van der Waals surface area contributed by atoms with E-state index in [-0.39, 0.29) is 11.7 Å². The first-order chi connectivity index (χ1) is 10.7. The van der Waals surface area contributed by atoms with Crippen LogP contribution in [0.1, 0.15) is 43.0 Å². The molecule has 2 atom stereocenters. The minimum atomic E-state index is -3.57. The minimum absolute atomic E-state index is 0.124. The molecular formula is C17H26BNO4S. The van der Waals surface area contributed by atoms with Gasteiger partial charge in [-0.2, -0.15) is 0 Å². The van der Waals surface area contributed by atoms with Gasteiger partial charge in [0, 0.05) is 24.0 Å². The predicted molar refractivity (Wildman–Crippen MR) is 96.2 cm³/mol. The molecule has 2 rings (SSSR count). The Hall–Kier alpha value is -1.21. The van der Waals surface area contributed by atoms with Crippen LogP contribution in [0.4, 0.5) is 0 Å². The first-order valence-corrected chi connectivity index (χ1v) is 9.77. The first-order valence-electron chi connectivity index (χ1n) is 7.92. The maximum Gasteiger partial charge on any atom is 0.211 e. The number of hydrogen-bond acceptors (Lipinski definition) is 4. The molecule has 0 fully saturated rings.